The first-order chi connectivity index (χ1) is 14.5. The Kier molecular flexibility index (Phi) is 3.72. The smallest absolute Gasteiger partial charge is 0.162 e. The average molecular weight is 399 g/mol. The van der Waals surface area contributed by atoms with Crippen LogP contribution in [-0.2, 0) is 0 Å². The van der Waals surface area contributed by atoms with Crippen molar-refractivity contribution < 1.29 is 0 Å². The van der Waals surface area contributed by atoms with Gasteiger partial charge in [-0.1, -0.05) is 18.2 Å². The lowest BCUT2D eigenvalue weighted by molar-refractivity contribution is 0.00127. The number of hydrogen-bond donors (Lipinski definition) is 0. The SMILES string of the molecule is Cc1cc(-c2cnn3cc(N4CC5(CC(N(C)C)C5)C4)cnc23)c2ccccc2n1. The predicted molar refractivity (Wildman–Crippen MR) is 120 cm³/mol. The van der Waals surface area contributed by atoms with Crippen molar-refractivity contribution in [3.05, 3.63) is 54.6 Å². The van der Waals surface area contributed by atoms with Gasteiger partial charge < -0.3 is 9.80 Å². The Morgan fingerprint density at radius 2 is 1.87 bits per heavy atom. The zero-order valence-electron chi connectivity index (χ0n) is 17.7. The minimum Gasteiger partial charge on any atom is -0.368 e. The Morgan fingerprint density at radius 3 is 2.67 bits per heavy atom. The molecule has 6 rings (SSSR count). The summed E-state index contributed by atoms with van der Waals surface area (Å²) in [5.41, 5.74) is 6.77. The van der Waals surface area contributed by atoms with Crippen molar-refractivity contribution in [3.63, 3.8) is 0 Å². The van der Waals surface area contributed by atoms with Gasteiger partial charge in [0.25, 0.3) is 0 Å². The fourth-order valence-electron chi connectivity index (χ4n) is 5.26. The van der Waals surface area contributed by atoms with E-state index < -0.39 is 0 Å². The van der Waals surface area contributed by atoms with Crippen LogP contribution in [0.3, 0.4) is 0 Å². The van der Waals surface area contributed by atoms with E-state index in [0.717, 1.165) is 58.2 Å². The summed E-state index contributed by atoms with van der Waals surface area (Å²) < 4.78 is 1.92. The van der Waals surface area contributed by atoms with Crippen LogP contribution in [0.1, 0.15) is 18.5 Å². The lowest BCUT2D eigenvalue weighted by atomic mass is 9.60. The van der Waals surface area contributed by atoms with E-state index in [2.05, 4.69) is 64.4 Å². The number of benzene rings is 1. The fraction of sp³-hybridized carbons (Fsp3) is 0.375. The Hall–Kier alpha value is -2.99. The van der Waals surface area contributed by atoms with Gasteiger partial charge in [0.15, 0.2) is 5.65 Å². The molecular weight excluding hydrogens is 372 g/mol. The minimum atomic E-state index is 0.520. The third-order valence-corrected chi connectivity index (χ3v) is 6.96. The molecule has 1 saturated carbocycles. The monoisotopic (exact) mass is 398 g/mol. The normalized spacial score (nSPS) is 18.3. The van der Waals surface area contributed by atoms with E-state index in [-0.39, 0.29) is 0 Å². The summed E-state index contributed by atoms with van der Waals surface area (Å²) in [6, 6.07) is 11.1. The first kappa shape index (κ1) is 17.8. The van der Waals surface area contributed by atoms with Crippen molar-refractivity contribution in [3.8, 4) is 11.1 Å². The van der Waals surface area contributed by atoms with Gasteiger partial charge in [0.2, 0.25) is 0 Å². The number of fused-ring (bicyclic) bond motifs is 2. The van der Waals surface area contributed by atoms with Gasteiger partial charge in [0.1, 0.15) is 0 Å². The summed E-state index contributed by atoms with van der Waals surface area (Å²) >= 11 is 0. The van der Waals surface area contributed by atoms with Crippen LogP contribution < -0.4 is 4.90 Å². The van der Waals surface area contributed by atoms with E-state index in [9.17, 15) is 0 Å². The first-order valence-electron chi connectivity index (χ1n) is 10.6. The van der Waals surface area contributed by atoms with Crippen LogP contribution in [0.15, 0.2) is 48.9 Å². The second kappa shape index (κ2) is 6.25. The molecule has 4 aromatic rings. The van der Waals surface area contributed by atoms with Crippen LogP contribution >= 0.6 is 0 Å². The van der Waals surface area contributed by atoms with E-state index in [0.29, 0.717) is 5.41 Å². The third kappa shape index (κ3) is 2.63. The maximum absolute atomic E-state index is 4.82. The molecule has 2 aliphatic rings. The molecule has 0 amide bonds. The number of aromatic nitrogens is 4. The number of rotatable bonds is 3. The number of anilines is 1. The van der Waals surface area contributed by atoms with Gasteiger partial charge in [0, 0.05) is 41.2 Å². The molecule has 6 heteroatoms. The molecule has 2 fully saturated rings. The summed E-state index contributed by atoms with van der Waals surface area (Å²) in [7, 11) is 4.38. The lowest BCUT2D eigenvalue weighted by Gasteiger charge is -2.61. The molecule has 1 aliphatic heterocycles. The van der Waals surface area contributed by atoms with Crippen molar-refractivity contribution in [1.29, 1.82) is 0 Å². The van der Waals surface area contributed by atoms with E-state index in [1.807, 2.05) is 29.9 Å². The quantitative estimate of drug-likeness (QED) is 0.526. The molecule has 1 spiro atoms. The summed E-state index contributed by atoms with van der Waals surface area (Å²) in [5.74, 6) is 0. The van der Waals surface area contributed by atoms with Gasteiger partial charge in [0.05, 0.1) is 29.8 Å². The second-order valence-corrected chi connectivity index (χ2v) is 9.35. The third-order valence-electron chi connectivity index (χ3n) is 6.96. The molecule has 3 aromatic heterocycles. The molecule has 0 atom stereocenters. The van der Waals surface area contributed by atoms with Crippen molar-refractivity contribution in [2.45, 2.75) is 25.8 Å². The topological polar surface area (TPSA) is 49.6 Å². The summed E-state index contributed by atoms with van der Waals surface area (Å²) in [6.07, 6.45) is 8.68. The standard InChI is InChI=1S/C24H26N6/c1-16-8-20(19-6-4-5-7-22(19)27-16)21-12-26-30-13-18(11-25-23(21)30)29-14-24(15-29)9-17(10-24)28(2)3/h4-8,11-13,17H,9-10,14-15H2,1-3H3. The van der Waals surface area contributed by atoms with Crippen LogP contribution in [0.4, 0.5) is 5.69 Å². The van der Waals surface area contributed by atoms with E-state index in [1.54, 1.807) is 0 Å². The number of aryl methyl sites for hydroxylation is 1. The molecule has 0 bridgehead atoms. The van der Waals surface area contributed by atoms with Crippen LogP contribution in [0.2, 0.25) is 0 Å². The Bertz CT molecular complexity index is 1260. The lowest BCUT2D eigenvalue weighted by Crippen LogP contribution is -2.66. The largest absolute Gasteiger partial charge is 0.368 e. The summed E-state index contributed by atoms with van der Waals surface area (Å²) in [4.78, 5) is 14.3. The van der Waals surface area contributed by atoms with E-state index >= 15 is 0 Å². The molecule has 0 N–H and O–H groups in total. The highest BCUT2D eigenvalue weighted by Crippen LogP contribution is 2.50. The molecular formula is C24H26N6. The molecule has 1 saturated heterocycles. The Labute approximate surface area is 176 Å². The zero-order valence-corrected chi connectivity index (χ0v) is 17.7. The summed E-state index contributed by atoms with van der Waals surface area (Å²) in [5, 5.41) is 5.77. The highest BCUT2D eigenvalue weighted by Gasteiger charge is 2.53. The van der Waals surface area contributed by atoms with Crippen LogP contribution in [0, 0.1) is 12.3 Å². The van der Waals surface area contributed by atoms with Gasteiger partial charge in [-0.05, 0) is 51.6 Å². The highest BCUT2D eigenvalue weighted by atomic mass is 15.3. The van der Waals surface area contributed by atoms with Gasteiger partial charge in [-0.3, -0.25) is 4.98 Å². The van der Waals surface area contributed by atoms with Gasteiger partial charge in [-0.2, -0.15) is 5.10 Å². The van der Waals surface area contributed by atoms with Crippen molar-refractivity contribution in [1.82, 2.24) is 24.5 Å². The molecule has 1 aliphatic carbocycles. The summed E-state index contributed by atoms with van der Waals surface area (Å²) in [6.45, 7) is 4.30. The van der Waals surface area contributed by atoms with Crippen molar-refractivity contribution in [2.75, 3.05) is 32.1 Å². The number of pyridine rings is 1. The first-order valence-corrected chi connectivity index (χ1v) is 10.6. The number of nitrogens with zero attached hydrogens (tertiary/aromatic N) is 6. The predicted octanol–water partition coefficient (Wildman–Crippen LogP) is 3.78. The van der Waals surface area contributed by atoms with Crippen LogP contribution in [-0.4, -0.2) is 57.7 Å². The maximum atomic E-state index is 4.82. The second-order valence-electron chi connectivity index (χ2n) is 9.35. The number of para-hydroxylation sites is 1. The molecule has 1 aromatic carbocycles. The average Bonchev–Trinajstić information content (AvgIpc) is 3.08. The fourth-order valence-corrected chi connectivity index (χ4v) is 5.26. The molecule has 4 heterocycles. The van der Waals surface area contributed by atoms with Crippen molar-refractivity contribution >= 4 is 22.2 Å². The molecule has 0 unspecified atom stereocenters. The molecule has 6 nitrogen and oxygen atoms in total. The van der Waals surface area contributed by atoms with Gasteiger partial charge in [-0.15, -0.1) is 0 Å². The van der Waals surface area contributed by atoms with E-state index in [4.69, 9.17) is 4.98 Å². The van der Waals surface area contributed by atoms with Crippen molar-refractivity contribution in [2.24, 2.45) is 5.41 Å². The van der Waals surface area contributed by atoms with Gasteiger partial charge in [-0.25, -0.2) is 9.50 Å². The number of hydrogen-bond acceptors (Lipinski definition) is 5. The molecule has 152 valence electrons. The zero-order chi connectivity index (χ0) is 20.5. The van der Waals surface area contributed by atoms with Crippen LogP contribution in [0.25, 0.3) is 27.7 Å². The minimum absolute atomic E-state index is 0.520. The van der Waals surface area contributed by atoms with Crippen LogP contribution in [0.5, 0.6) is 0 Å². The molecule has 30 heavy (non-hydrogen) atoms. The Balaban J connectivity index is 1.31. The maximum Gasteiger partial charge on any atom is 0.162 e. The van der Waals surface area contributed by atoms with Gasteiger partial charge >= 0.3 is 0 Å². The van der Waals surface area contributed by atoms with E-state index in [1.165, 1.54) is 12.8 Å². The molecule has 0 radical (unpaired) electrons. The highest BCUT2D eigenvalue weighted by molar-refractivity contribution is 5.98. The Morgan fingerprint density at radius 1 is 1.07 bits per heavy atom.